The second-order valence-corrected chi connectivity index (χ2v) is 30.7. The summed E-state index contributed by atoms with van der Waals surface area (Å²) in [5.74, 6) is -5.50. The van der Waals surface area contributed by atoms with Crippen LogP contribution in [0.2, 0.25) is 18.1 Å². The summed E-state index contributed by atoms with van der Waals surface area (Å²) in [6.45, 7) is 29.2. The summed E-state index contributed by atoms with van der Waals surface area (Å²) < 4.78 is 18.2. The van der Waals surface area contributed by atoms with Crippen molar-refractivity contribution in [2.75, 3.05) is 13.1 Å². The molecule has 2 aromatic rings. The first kappa shape index (κ1) is 69.8. The maximum Gasteiger partial charge on any atom is 0.312 e. The first-order valence-electron chi connectivity index (χ1n) is 30.9. The van der Waals surface area contributed by atoms with Crippen LogP contribution in [-0.4, -0.2) is 132 Å². The molecule has 21 heteroatoms. The number of hydrazine groups is 2. The molecule has 4 aliphatic heterocycles. The number of nitrogens with zero attached hydrogens (tertiary/aromatic N) is 2. The Morgan fingerprint density at radius 2 is 1.06 bits per heavy atom. The zero-order valence-electron chi connectivity index (χ0n) is 53.2. The number of nitrogens with one attached hydrogen (secondary N) is 6. The number of aliphatic hydroxyl groups excluding tert-OH is 1. The topological polar surface area (TPSA) is 263 Å². The van der Waals surface area contributed by atoms with E-state index < -0.39 is 92.5 Å². The molecular weight excluding hydrogens is 1100 g/mol. The number of carbonyl (C=O) groups is 8. The number of rotatable bonds is 4. The van der Waals surface area contributed by atoms with Crippen LogP contribution >= 0.6 is 0 Å². The van der Waals surface area contributed by atoms with Crippen LogP contribution in [0.3, 0.4) is 0 Å². The lowest BCUT2D eigenvalue weighted by Crippen LogP contribution is -2.61. The third-order valence-electron chi connectivity index (χ3n) is 17.1. The summed E-state index contributed by atoms with van der Waals surface area (Å²) in [6.07, 6.45) is 7.09. The Labute approximate surface area is 505 Å². The van der Waals surface area contributed by atoms with E-state index in [-0.39, 0.29) is 52.6 Å². The SMILES string of the molecule is CC(C)[C@@H]1OC(=O)[C@H](C)[C@H](O)CCCCc2cccc(c2)[C@@H](C)NC(=O)[C@@H]2CCCN(N2)C(=O)[C@H](C)NC1=O.CC(C)[C@@H]1OC(=O)[C@H](C)[C@H](O[Si](C)(C)C(C)(C)C)CC/C=C/c2cccc(c2)[C@@H](C)NC(=O)[C@@H]2CCCN(N2)C(=O)[C@H](C)NC1=O. The van der Waals surface area contributed by atoms with E-state index in [9.17, 15) is 43.5 Å². The number of amides is 6. The number of ether oxygens (including phenoxy) is 2. The Bertz CT molecular complexity index is 2660. The molecule has 0 radical (unpaired) electrons. The fourth-order valence-electron chi connectivity index (χ4n) is 10.3. The number of cyclic esters (lactones) is 2. The second-order valence-electron chi connectivity index (χ2n) is 26.0. The molecule has 2 aromatic carbocycles. The molecule has 6 amide bonds. The number of hydrogen-bond acceptors (Lipinski definition) is 14. The first-order chi connectivity index (χ1) is 39.9. The molecule has 4 heterocycles. The molecule has 2 fully saturated rings. The molecule has 2 saturated heterocycles. The predicted molar refractivity (Wildman–Crippen MR) is 329 cm³/mol. The lowest BCUT2D eigenvalue weighted by atomic mass is 9.96. The molecule has 472 valence electrons. The van der Waals surface area contributed by atoms with Gasteiger partial charge in [-0.1, -0.05) is 110 Å². The van der Waals surface area contributed by atoms with Gasteiger partial charge in [0, 0.05) is 13.1 Å². The van der Waals surface area contributed by atoms with Gasteiger partial charge in [0.2, 0.25) is 11.8 Å². The number of aliphatic hydroxyl groups is 1. The monoisotopic (exact) mass is 1200 g/mol. The zero-order chi connectivity index (χ0) is 63.1. The summed E-state index contributed by atoms with van der Waals surface area (Å²) in [6, 6.07) is 12.6. The van der Waals surface area contributed by atoms with Crippen LogP contribution < -0.4 is 32.1 Å². The fourth-order valence-corrected chi connectivity index (χ4v) is 11.8. The summed E-state index contributed by atoms with van der Waals surface area (Å²) >= 11 is 0. The van der Waals surface area contributed by atoms with Gasteiger partial charge in [-0.3, -0.25) is 48.4 Å². The number of allylic oxidation sites excluding steroid dienone is 1. The van der Waals surface area contributed by atoms with Gasteiger partial charge in [-0.15, -0.1) is 0 Å². The van der Waals surface area contributed by atoms with Gasteiger partial charge in [0.15, 0.2) is 20.5 Å². The molecule has 0 aliphatic carbocycles. The molecule has 8 bridgehead atoms. The predicted octanol–water partition coefficient (Wildman–Crippen LogP) is 7.42. The highest BCUT2D eigenvalue weighted by molar-refractivity contribution is 6.74. The van der Waals surface area contributed by atoms with Crippen LogP contribution in [0.25, 0.3) is 6.08 Å². The Hall–Kier alpha value is -6.00. The second kappa shape index (κ2) is 31.6. The fraction of sp³-hybridized carbons (Fsp3) is 0.656. The van der Waals surface area contributed by atoms with Gasteiger partial charge in [-0.25, -0.2) is 10.9 Å². The van der Waals surface area contributed by atoms with Crippen molar-refractivity contribution in [2.24, 2.45) is 23.7 Å². The molecule has 0 saturated carbocycles. The van der Waals surface area contributed by atoms with Crippen LogP contribution in [0, 0.1) is 23.7 Å². The highest BCUT2D eigenvalue weighted by Crippen LogP contribution is 2.39. The number of fused-ring (bicyclic) bond motifs is 8. The van der Waals surface area contributed by atoms with Crippen molar-refractivity contribution in [1.82, 2.24) is 42.1 Å². The van der Waals surface area contributed by atoms with Gasteiger partial charge in [0.25, 0.3) is 23.6 Å². The van der Waals surface area contributed by atoms with Crippen LogP contribution in [0.15, 0.2) is 54.6 Å². The van der Waals surface area contributed by atoms with E-state index in [1.807, 2.05) is 56.3 Å². The number of aryl methyl sites for hydroxylation is 1. The highest BCUT2D eigenvalue weighted by atomic mass is 28.4. The number of esters is 2. The van der Waals surface area contributed by atoms with Gasteiger partial charge in [-0.05, 0) is 158 Å². The number of carbonyl (C=O) groups excluding carboxylic acids is 8. The molecule has 0 spiro atoms. The molecule has 0 unspecified atom stereocenters. The van der Waals surface area contributed by atoms with E-state index >= 15 is 0 Å². The Morgan fingerprint density at radius 3 is 1.55 bits per heavy atom. The van der Waals surface area contributed by atoms with Crippen LogP contribution in [-0.2, 0) is 58.7 Å². The van der Waals surface area contributed by atoms with Gasteiger partial charge < -0.3 is 40.3 Å². The lowest BCUT2D eigenvalue weighted by Gasteiger charge is -2.40. The molecular formula is C64H100N8O12Si. The smallest absolute Gasteiger partial charge is 0.312 e. The summed E-state index contributed by atoms with van der Waals surface area (Å²) in [7, 11) is -2.26. The van der Waals surface area contributed by atoms with E-state index in [1.165, 1.54) is 10.0 Å². The van der Waals surface area contributed by atoms with Crippen molar-refractivity contribution in [1.29, 1.82) is 0 Å². The Morgan fingerprint density at radius 1 is 0.588 bits per heavy atom. The number of hydrogen-bond donors (Lipinski definition) is 7. The van der Waals surface area contributed by atoms with E-state index in [0.29, 0.717) is 64.5 Å². The van der Waals surface area contributed by atoms with Crippen molar-refractivity contribution < 1.29 is 57.4 Å². The average Bonchev–Trinajstić information content (AvgIpc) is 3.62. The minimum absolute atomic E-state index is 0.0634. The van der Waals surface area contributed by atoms with Crippen LogP contribution in [0.1, 0.15) is 182 Å². The summed E-state index contributed by atoms with van der Waals surface area (Å²) in [4.78, 5) is 106. The maximum atomic E-state index is 13.6. The van der Waals surface area contributed by atoms with Crippen molar-refractivity contribution in [3.63, 3.8) is 0 Å². The number of benzene rings is 2. The van der Waals surface area contributed by atoms with Crippen molar-refractivity contribution in [2.45, 2.75) is 233 Å². The van der Waals surface area contributed by atoms with Gasteiger partial charge >= 0.3 is 11.9 Å². The minimum Gasteiger partial charge on any atom is -0.452 e. The molecule has 7 N–H and O–H groups in total. The third-order valence-corrected chi connectivity index (χ3v) is 21.6. The van der Waals surface area contributed by atoms with E-state index in [4.69, 9.17) is 13.9 Å². The van der Waals surface area contributed by atoms with Crippen molar-refractivity contribution >= 4 is 61.8 Å². The van der Waals surface area contributed by atoms with Crippen LogP contribution in [0.4, 0.5) is 0 Å². The molecule has 4 aliphatic rings. The third kappa shape index (κ3) is 20.0. The van der Waals surface area contributed by atoms with E-state index in [2.05, 4.69) is 84.2 Å². The minimum atomic E-state index is -2.26. The summed E-state index contributed by atoms with van der Waals surface area (Å²) in [5, 5.41) is 24.9. The average molecular weight is 1200 g/mol. The van der Waals surface area contributed by atoms with Gasteiger partial charge in [0.05, 0.1) is 36.1 Å². The lowest BCUT2D eigenvalue weighted by molar-refractivity contribution is -0.166. The summed E-state index contributed by atoms with van der Waals surface area (Å²) in [5.41, 5.74) is 10.2. The molecule has 6 rings (SSSR count). The highest BCUT2D eigenvalue weighted by Gasteiger charge is 2.43. The van der Waals surface area contributed by atoms with Gasteiger partial charge in [0.1, 0.15) is 24.2 Å². The molecule has 20 nitrogen and oxygen atoms in total. The molecule has 0 aromatic heterocycles. The molecule has 85 heavy (non-hydrogen) atoms. The van der Waals surface area contributed by atoms with Crippen molar-refractivity contribution in [3.05, 3.63) is 76.9 Å². The maximum absolute atomic E-state index is 13.6. The quantitative estimate of drug-likeness (QED) is 0.116. The Balaban J connectivity index is 0.000000315. The standard InChI is InChI=1S/C35H56N4O6Si.C29H44N4O6/c1-22(2)30-32(41)37-25(5)33(42)39-20-14-18-28(38-39)31(40)36-24(4)27-17-13-16-26(21-27)15-11-12-19-29(23(3)34(43)44-30)45-46(9,10)35(6,7)8;1-17(2)25-27(36)31-20(5)28(37)33-15-9-13-23(32-33)26(35)30-19(4)22-12-8-11-21(16-22)10-6-7-14-24(34)18(3)29(38)39-25/h11,13,15-17,21-25,28-30,38H,12,14,18-20H2,1-10H3,(H,36,40)(H,37,41);8,11-12,16-20,23-25,32,34H,6-7,9-10,13-15H2,1-5H3,(H,30,35)(H,31,36)/b15-11+;/t23-,24-,25+,28+,29-,30+;18-,19-,20+,23+,24-,25+/m11/s1. The van der Waals surface area contributed by atoms with E-state index in [1.54, 1.807) is 55.4 Å². The van der Waals surface area contributed by atoms with E-state index in [0.717, 1.165) is 35.1 Å². The van der Waals surface area contributed by atoms with Crippen LogP contribution in [0.5, 0.6) is 0 Å². The van der Waals surface area contributed by atoms with Gasteiger partial charge in [-0.2, -0.15) is 0 Å². The zero-order valence-corrected chi connectivity index (χ0v) is 54.2. The van der Waals surface area contributed by atoms with Crippen molar-refractivity contribution in [3.8, 4) is 0 Å². The normalized spacial score (nSPS) is 29.6. The Kier molecular flexibility index (Phi) is 25.9. The molecule has 12 atom stereocenters. The largest absolute Gasteiger partial charge is 0.452 e. The first-order valence-corrected chi connectivity index (χ1v) is 33.8.